The molecule has 1 aliphatic rings. The third-order valence-corrected chi connectivity index (χ3v) is 4.58. The second-order valence-electron chi connectivity index (χ2n) is 4.73. The Morgan fingerprint density at radius 1 is 1.17 bits per heavy atom. The molecule has 0 spiro atoms. The number of hydrogen-bond acceptors (Lipinski definition) is 3. The predicted molar refractivity (Wildman–Crippen MR) is 79.4 cm³/mol. The molecule has 1 aromatic heterocycles. The van der Waals surface area contributed by atoms with Crippen LogP contribution in [0.2, 0.25) is 5.15 Å². The van der Waals surface area contributed by atoms with E-state index in [1.165, 1.54) is 25.7 Å². The Labute approximate surface area is 122 Å². The summed E-state index contributed by atoms with van der Waals surface area (Å²) in [5, 5.41) is 0.535. The highest BCUT2D eigenvalue weighted by molar-refractivity contribution is 9.10. The number of halogens is 2. The molecule has 0 amide bonds. The molecule has 0 saturated carbocycles. The minimum absolute atomic E-state index is 0.535. The summed E-state index contributed by atoms with van der Waals surface area (Å²) >= 11 is 9.67. The van der Waals surface area contributed by atoms with Gasteiger partial charge in [0.15, 0.2) is 0 Å². The SMILES string of the molecule is CCCc1nc(N2CCCCCC2)nc(Cl)c1Br. The maximum atomic E-state index is 6.19. The number of hydrogen-bond donors (Lipinski definition) is 0. The van der Waals surface area contributed by atoms with Crippen molar-refractivity contribution in [2.45, 2.75) is 45.4 Å². The average molecular weight is 333 g/mol. The number of aromatic nitrogens is 2. The first kappa shape index (κ1) is 14.1. The topological polar surface area (TPSA) is 29.0 Å². The fourth-order valence-corrected chi connectivity index (χ4v) is 2.83. The molecule has 3 nitrogen and oxygen atoms in total. The molecule has 2 heterocycles. The zero-order chi connectivity index (χ0) is 13.0. The van der Waals surface area contributed by atoms with E-state index in [0.717, 1.165) is 42.0 Å². The lowest BCUT2D eigenvalue weighted by Gasteiger charge is -2.21. The molecule has 100 valence electrons. The van der Waals surface area contributed by atoms with Gasteiger partial charge in [0.2, 0.25) is 5.95 Å². The van der Waals surface area contributed by atoms with Crippen molar-refractivity contribution in [2.24, 2.45) is 0 Å². The lowest BCUT2D eigenvalue weighted by atomic mass is 10.2. The van der Waals surface area contributed by atoms with Crippen molar-refractivity contribution < 1.29 is 0 Å². The van der Waals surface area contributed by atoms with Gasteiger partial charge >= 0.3 is 0 Å². The smallest absolute Gasteiger partial charge is 0.227 e. The van der Waals surface area contributed by atoms with Gasteiger partial charge in [-0.1, -0.05) is 37.8 Å². The van der Waals surface area contributed by atoms with Gasteiger partial charge in [-0.05, 0) is 35.2 Å². The van der Waals surface area contributed by atoms with Crippen molar-refractivity contribution in [1.29, 1.82) is 0 Å². The third-order valence-electron chi connectivity index (χ3n) is 3.24. The minimum atomic E-state index is 0.535. The van der Waals surface area contributed by atoms with E-state index in [1.54, 1.807) is 0 Å². The van der Waals surface area contributed by atoms with Crippen molar-refractivity contribution in [3.8, 4) is 0 Å². The van der Waals surface area contributed by atoms with Crippen LogP contribution in [0, 0.1) is 0 Å². The molecular formula is C13H19BrClN3. The van der Waals surface area contributed by atoms with Crippen molar-refractivity contribution in [2.75, 3.05) is 18.0 Å². The zero-order valence-electron chi connectivity index (χ0n) is 10.8. The number of rotatable bonds is 3. The van der Waals surface area contributed by atoms with E-state index in [-0.39, 0.29) is 0 Å². The van der Waals surface area contributed by atoms with Crippen LogP contribution in [0.25, 0.3) is 0 Å². The predicted octanol–water partition coefficient (Wildman–Crippen LogP) is 4.23. The standard InChI is InChI=1S/C13H19BrClN3/c1-2-7-10-11(14)12(15)17-13(16-10)18-8-5-3-4-6-9-18/h2-9H2,1H3. The first-order valence-corrected chi connectivity index (χ1v) is 7.86. The van der Waals surface area contributed by atoms with Crippen LogP contribution in [-0.2, 0) is 6.42 Å². The highest BCUT2D eigenvalue weighted by Crippen LogP contribution is 2.27. The first-order chi connectivity index (χ1) is 8.72. The maximum Gasteiger partial charge on any atom is 0.227 e. The minimum Gasteiger partial charge on any atom is -0.341 e. The largest absolute Gasteiger partial charge is 0.341 e. The maximum absolute atomic E-state index is 6.19. The Morgan fingerprint density at radius 3 is 2.44 bits per heavy atom. The van der Waals surface area contributed by atoms with Gasteiger partial charge in [0, 0.05) is 13.1 Å². The molecule has 0 aliphatic carbocycles. The van der Waals surface area contributed by atoms with Crippen molar-refractivity contribution in [1.82, 2.24) is 9.97 Å². The molecule has 0 radical (unpaired) electrons. The molecule has 0 N–H and O–H groups in total. The van der Waals surface area contributed by atoms with Crippen LogP contribution in [-0.4, -0.2) is 23.1 Å². The molecule has 0 aromatic carbocycles. The molecular weight excluding hydrogens is 314 g/mol. The van der Waals surface area contributed by atoms with E-state index >= 15 is 0 Å². The van der Waals surface area contributed by atoms with Gasteiger partial charge < -0.3 is 4.90 Å². The van der Waals surface area contributed by atoms with E-state index in [0.29, 0.717) is 5.15 Å². The number of anilines is 1. The van der Waals surface area contributed by atoms with Crippen LogP contribution < -0.4 is 4.90 Å². The summed E-state index contributed by atoms with van der Waals surface area (Å²) in [4.78, 5) is 11.4. The van der Waals surface area contributed by atoms with Gasteiger partial charge in [0.25, 0.3) is 0 Å². The Bertz CT molecular complexity index is 403. The monoisotopic (exact) mass is 331 g/mol. The van der Waals surface area contributed by atoms with Crippen LogP contribution >= 0.6 is 27.5 Å². The summed E-state index contributed by atoms with van der Waals surface area (Å²) in [6.45, 7) is 4.24. The van der Waals surface area contributed by atoms with Gasteiger partial charge in [0.05, 0.1) is 10.2 Å². The molecule has 0 bridgehead atoms. The summed E-state index contributed by atoms with van der Waals surface area (Å²) < 4.78 is 0.851. The summed E-state index contributed by atoms with van der Waals surface area (Å²) in [6, 6.07) is 0. The third kappa shape index (κ3) is 3.35. The highest BCUT2D eigenvalue weighted by atomic mass is 79.9. The molecule has 1 aromatic rings. The summed E-state index contributed by atoms with van der Waals surface area (Å²) in [5.74, 6) is 0.800. The molecule has 1 fully saturated rings. The summed E-state index contributed by atoms with van der Waals surface area (Å²) in [6.07, 6.45) is 7.06. The zero-order valence-corrected chi connectivity index (χ0v) is 13.1. The van der Waals surface area contributed by atoms with Crippen molar-refractivity contribution in [3.05, 3.63) is 15.3 Å². The van der Waals surface area contributed by atoms with E-state index in [1.807, 2.05) is 0 Å². The van der Waals surface area contributed by atoms with E-state index < -0.39 is 0 Å². The van der Waals surface area contributed by atoms with Crippen LogP contribution in [0.4, 0.5) is 5.95 Å². The van der Waals surface area contributed by atoms with Gasteiger partial charge in [-0.3, -0.25) is 0 Å². The van der Waals surface area contributed by atoms with Gasteiger partial charge in [0.1, 0.15) is 5.15 Å². The number of aryl methyl sites for hydroxylation is 1. The quantitative estimate of drug-likeness (QED) is 0.776. The Balaban J connectivity index is 2.26. The molecule has 0 unspecified atom stereocenters. The molecule has 18 heavy (non-hydrogen) atoms. The number of nitrogens with zero attached hydrogens (tertiary/aromatic N) is 3. The Hall–Kier alpha value is -0.350. The van der Waals surface area contributed by atoms with Crippen LogP contribution in [0.3, 0.4) is 0 Å². The molecule has 2 rings (SSSR count). The molecule has 1 saturated heterocycles. The van der Waals surface area contributed by atoms with Crippen molar-refractivity contribution >= 4 is 33.5 Å². The Kier molecular flexibility index (Phi) is 5.25. The van der Waals surface area contributed by atoms with E-state index in [2.05, 4.69) is 37.7 Å². The second-order valence-corrected chi connectivity index (χ2v) is 5.88. The molecule has 1 aliphatic heterocycles. The lowest BCUT2D eigenvalue weighted by molar-refractivity contribution is 0.726. The van der Waals surface area contributed by atoms with Crippen LogP contribution in [0.5, 0.6) is 0 Å². The fourth-order valence-electron chi connectivity index (χ4n) is 2.27. The second kappa shape index (κ2) is 6.71. The van der Waals surface area contributed by atoms with Crippen molar-refractivity contribution in [3.63, 3.8) is 0 Å². The van der Waals surface area contributed by atoms with Crippen LogP contribution in [0.15, 0.2) is 4.47 Å². The fraction of sp³-hybridized carbons (Fsp3) is 0.692. The van der Waals surface area contributed by atoms with Gasteiger partial charge in [-0.25, -0.2) is 4.98 Å². The average Bonchev–Trinajstić information content (AvgIpc) is 2.63. The lowest BCUT2D eigenvalue weighted by Crippen LogP contribution is -2.26. The molecule has 5 heteroatoms. The molecule has 0 atom stereocenters. The summed E-state index contributed by atoms with van der Waals surface area (Å²) in [5.41, 5.74) is 1.02. The normalized spacial score (nSPS) is 16.7. The van der Waals surface area contributed by atoms with Gasteiger partial charge in [-0.15, -0.1) is 0 Å². The van der Waals surface area contributed by atoms with Gasteiger partial charge in [-0.2, -0.15) is 4.98 Å². The van der Waals surface area contributed by atoms with E-state index in [4.69, 9.17) is 11.6 Å². The van der Waals surface area contributed by atoms with Crippen LogP contribution in [0.1, 0.15) is 44.7 Å². The highest BCUT2D eigenvalue weighted by Gasteiger charge is 2.16. The first-order valence-electron chi connectivity index (χ1n) is 6.69. The Morgan fingerprint density at radius 2 is 1.83 bits per heavy atom. The summed E-state index contributed by atoms with van der Waals surface area (Å²) in [7, 11) is 0. The van der Waals surface area contributed by atoms with E-state index in [9.17, 15) is 0 Å².